The van der Waals surface area contributed by atoms with Crippen molar-refractivity contribution in [1.82, 2.24) is 0 Å². The summed E-state index contributed by atoms with van der Waals surface area (Å²) in [6, 6.07) is 21.9. The second-order valence-electron chi connectivity index (χ2n) is 8.45. The number of hydrogen-bond donors (Lipinski definition) is 0. The first-order valence-corrected chi connectivity index (χ1v) is 11.8. The van der Waals surface area contributed by atoms with Crippen LogP contribution in [-0.4, -0.2) is 14.9 Å². The minimum absolute atomic E-state index is 0.0716. The van der Waals surface area contributed by atoms with Crippen LogP contribution in [0.25, 0.3) is 0 Å². The molecule has 0 N–H and O–H groups in total. The maximum absolute atomic E-state index is 6.98. The molecule has 138 valence electrons. The Morgan fingerprint density at radius 2 is 1.46 bits per heavy atom. The standard InChI is InChI=1S/C24H32OSi/c1-24(2,3)26(22-15-9-5-10-16-22,23-17-11-6-12-18-23)25-20-19-21-13-7-4-8-14-21/h4-7,9-12,15-18,21H,8,13-14,19-20H2,1-3H3. The molecule has 0 aliphatic heterocycles. The highest BCUT2D eigenvalue weighted by atomic mass is 28.4. The molecule has 0 radical (unpaired) electrons. The smallest absolute Gasteiger partial charge is 0.261 e. The lowest BCUT2D eigenvalue weighted by atomic mass is 9.92. The Hall–Kier alpha value is -1.64. The van der Waals surface area contributed by atoms with Gasteiger partial charge in [-0.25, -0.2) is 0 Å². The first-order chi connectivity index (χ1) is 12.5. The Balaban J connectivity index is 1.93. The SMILES string of the molecule is CC(C)(C)[Si](OCCC1CC=CCC1)(c1ccccc1)c1ccccc1. The van der Waals surface area contributed by atoms with Gasteiger partial charge in [-0.15, -0.1) is 0 Å². The largest absolute Gasteiger partial charge is 0.407 e. The Kier molecular flexibility index (Phi) is 6.15. The van der Waals surface area contributed by atoms with E-state index < -0.39 is 8.32 Å². The number of hydrogen-bond acceptors (Lipinski definition) is 1. The molecular formula is C24H32OSi. The average Bonchev–Trinajstić information content (AvgIpc) is 2.66. The van der Waals surface area contributed by atoms with E-state index >= 15 is 0 Å². The van der Waals surface area contributed by atoms with Crippen LogP contribution >= 0.6 is 0 Å². The van der Waals surface area contributed by atoms with Gasteiger partial charge in [0.1, 0.15) is 0 Å². The van der Waals surface area contributed by atoms with Gasteiger partial charge in [0.15, 0.2) is 0 Å². The maximum atomic E-state index is 6.98. The van der Waals surface area contributed by atoms with Crippen molar-refractivity contribution in [2.45, 2.75) is 51.5 Å². The molecule has 0 fully saturated rings. The predicted molar refractivity (Wildman–Crippen MR) is 115 cm³/mol. The fourth-order valence-corrected chi connectivity index (χ4v) is 8.84. The van der Waals surface area contributed by atoms with E-state index in [0.29, 0.717) is 0 Å². The van der Waals surface area contributed by atoms with E-state index in [-0.39, 0.29) is 5.04 Å². The molecule has 0 amide bonds. The summed E-state index contributed by atoms with van der Waals surface area (Å²) >= 11 is 0. The first-order valence-electron chi connectivity index (χ1n) is 9.94. The highest BCUT2D eigenvalue weighted by Gasteiger charge is 2.50. The summed E-state index contributed by atoms with van der Waals surface area (Å²) in [6.07, 6.45) is 9.57. The molecule has 1 aliphatic rings. The molecule has 0 spiro atoms. The van der Waals surface area contributed by atoms with Gasteiger partial charge < -0.3 is 4.43 Å². The molecule has 2 aromatic rings. The van der Waals surface area contributed by atoms with Crippen molar-refractivity contribution in [1.29, 1.82) is 0 Å². The van der Waals surface area contributed by atoms with E-state index in [4.69, 9.17) is 4.43 Å². The molecule has 1 unspecified atom stereocenters. The highest BCUT2D eigenvalue weighted by molar-refractivity contribution is 6.99. The van der Waals surface area contributed by atoms with Gasteiger partial charge in [0.2, 0.25) is 0 Å². The molecule has 0 saturated carbocycles. The van der Waals surface area contributed by atoms with Crippen LogP contribution in [0.15, 0.2) is 72.8 Å². The second kappa shape index (κ2) is 8.37. The zero-order valence-electron chi connectivity index (χ0n) is 16.4. The van der Waals surface area contributed by atoms with Crippen LogP contribution in [0, 0.1) is 5.92 Å². The van der Waals surface area contributed by atoms with Crippen molar-refractivity contribution in [3.63, 3.8) is 0 Å². The van der Waals surface area contributed by atoms with Crippen LogP contribution < -0.4 is 10.4 Å². The van der Waals surface area contributed by atoms with Crippen LogP contribution in [0.2, 0.25) is 5.04 Å². The summed E-state index contributed by atoms with van der Waals surface area (Å²) in [4.78, 5) is 0. The Morgan fingerprint density at radius 1 is 0.885 bits per heavy atom. The number of rotatable bonds is 6. The van der Waals surface area contributed by atoms with E-state index in [1.54, 1.807) is 0 Å². The van der Waals surface area contributed by atoms with Crippen molar-refractivity contribution in [2.75, 3.05) is 6.61 Å². The van der Waals surface area contributed by atoms with Gasteiger partial charge in [0.25, 0.3) is 8.32 Å². The quantitative estimate of drug-likeness (QED) is 0.498. The minimum atomic E-state index is -2.35. The summed E-state index contributed by atoms with van der Waals surface area (Å²) in [5, 5.41) is 2.83. The molecule has 0 aromatic heterocycles. The van der Waals surface area contributed by atoms with E-state index in [1.807, 2.05) is 0 Å². The topological polar surface area (TPSA) is 9.23 Å². The normalized spacial score (nSPS) is 18.0. The molecular weight excluding hydrogens is 332 g/mol. The lowest BCUT2D eigenvalue weighted by Gasteiger charge is -2.43. The van der Waals surface area contributed by atoms with Gasteiger partial charge in [-0.3, -0.25) is 0 Å². The van der Waals surface area contributed by atoms with Crippen LogP contribution in [0.1, 0.15) is 46.5 Å². The Labute approximate surface area is 160 Å². The molecule has 0 saturated heterocycles. The molecule has 1 atom stereocenters. The monoisotopic (exact) mass is 364 g/mol. The zero-order valence-corrected chi connectivity index (χ0v) is 17.4. The lowest BCUT2D eigenvalue weighted by molar-refractivity contribution is 0.257. The fraction of sp³-hybridized carbons (Fsp3) is 0.417. The Morgan fingerprint density at radius 3 is 1.92 bits per heavy atom. The molecule has 26 heavy (non-hydrogen) atoms. The minimum Gasteiger partial charge on any atom is -0.407 e. The van der Waals surface area contributed by atoms with Crippen LogP contribution in [-0.2, 0) is 4.43 Å². The van der Waals surface area contributed by atoms with Gasteiger partial charge in [-0.05, 0) is 47.0 Å². The van der Waals surface area contributed by atoms with Crippen molar-refractivity contribution >= 4 is 18.7 Å². The maximum Gasteiger partial charge on any atom is 0.261 e. The van der Waals surface area contributed by atoms with Gasteiger partial charge >= 0.3 is 0 Å². The average molecular weight is 365 g/mol. The van der Waals surface area contributed by atoms with Crippen LogP contribution in [0.5, 0.6) is 0 Å². The zero-order chi connectivity index (χ0) is 18.5. The highest BCUT2D eigenvalue weighted by Crippen LogP contribution is 2.37. The summed E-state index contributed by atoms with van der Waals surface area (Å²) < 4.78 is 6.98. The van der Waals surface area contributed by atoms with Crippen molar-refractivity contribution in [2.24, 2.45) is 5.92 Å². The molecule has 2 aromatic carbocycles. The van der Waals surface area contributed by atoms with E-state index in [1.165, 1.54) is 29.6 Å². The van der Waals surface area contributed by atoms with Gasteiger partial charge in [0.05, 0.1) is 0 Å². The third kappa shape index (κ3) is 4.02. The lowest BCUT2D eigenvalue weighted by Crippen LogP contribution is -2.66. The third-order valence-corrected chi connectivity index (χ3v) is 10.7. The van der Waals surface area contributed by atoms with E-state index in [9.17, 15) is 0 Å². The van der Waals surface area contributed by atoms with Crippen molar-refractivity contribution in [3.8, 4) is 0 Å². The van der Waals surface area contributed by atoms with Gasteiger partial charge in [-0.1, -0.05) is 93.6 Å². The number of allylic oxidation sites excluding steroid dienone is 2. The molecule has 1 nitrogen and oxygen atoms in total. The van der Waals surface area contributed by atoms with Gasteiger partial charge in [-0.2, -0.15) is 0 Å². The van der Waals surface area contributed by atoms with Crippen molar-refractivity contribution in [3.05, 3.63) is 72.8 Å². The second-order valence-corrected chi connectivity index (χ2v) is 12.8. The Bertz CT molecular complexity index is 660. The molecule has 3 rings (SSSR count). The van der Waals surface area contributed by atoms with Gasteiger partial charge in [0, 0.05) is 6.61 Å². The molecule has 1 aliphatic carbocycles. The summed E-state index contributed by atoms with van der Waals surface area (Å²) in [5.41, 5.74) is 0. The van der Waals surface area contributed by atoms with Crippen LogP contribution in [0.3, 0.4) is 0 Å². The first kappa shape index (κ1) is 19.1. The summed E-state index contributed by atoms with van der Waals surface area (Å²) in [5.74, 6) is 0.776. The fourth-order valence-electron chi connectivity index (χ4n) is 4.26. The van der Waals surface area contributed by atoms with Crippen molar-refractivity contribution < 1.29 is 4.43 Å². The molecule has 0 bridgehead atoms. The van der Waals surface area contributed by atoms with E-state index in [0.717, 1.165) is 18.9 Å². The molecule has 2 heteroatoms. The predicted octanol–water partition coefficient (Wildman–Crippen LogP) is 5.31. The summed E-state index contributed by atoms with van der Waals surface area (Å²) in [6.45, 7) is 7.90. The summed E-state index contributed by atoms with van der Waals surface area (Å²) in [7, 11) is -2.35. The number of benzene rings is 2. The van der Waals surface area contributed by atoms with Crippen LogP contribution in [0.4, 0.5) is 0 Å². The van der Waals surface area contributed by atoms with E-state index in [2.05, 4.69) is 93.6 Å². The molecule has 0 heterocycles. The third-order valence-electron chi connectivity index (χ3n) is 5.64.